The number of methoxy groups -OCH3 is 2. The molecule has 0 atom stereocenters. The third-order valence-electron chi connectivity index (χ3n) is 3.47. The van der Waals surface area contributed by atoms with Crippen molar-refractivity contribution in [2.45, 2.75) is 33.2 Å². The third kappa shape index (κ3) is 6.26. The standard InChI is InChI=1S/C17H29N3O3/c1-12(2)7-6-8-19-17(18-3)20-11-13-9-14(22-4)16(21)15(10-13)23-5/h9-10,12,21H,6-8,11H2,1-5H3,(H2,18,19,20). The maximum absolute atomic E-state index is 9.92. The highest BCUT2D eigenvalue weighted by atomic mass is 16.5. The quantitative estimate of drug-likeness (QED) is 0.389. The van der Waals surface area contributed by atoms with Crippen LogP contribution in [-0.4, -0.2) is 38.9 Å². The molecule has 1 aromatic carbocycles. The summed E-state index contributed by atoms with van der Waals surface area (Å²) in [5.74, 6) is 2.25. The molecule has 0 aliphatic rings. The molecule has 3 N–H and O–H groups in total. The Balaban J connectivity index is 2.58. The largest absolute Gasteiger partial charge is 0.502 e. The van der Waals surface area contributed by atoms with Gasteiger partial charge in [-0.25, -0.2) is 0 Å². The summed E-state index contributed by atoms with van der Waals surface area (Å²) < 4.78 is 10.3. The van der Waals surface area contributed by atoms with Gasteiger partial charge in [0.05, 0.1) is 14.2 Å². The summed E-state index contributed by atoms with van der Waals surface area (Å²) >= 11 is 0. The lowest BCUT2D eigenvalue weighted by atomic mass is 10.1. The summed E-state index contributed by atoms with van der Waals surface area (Å²) in [5.41, 5.74) is 0.932. The Morgan fingerprint density at radius 3 is 2.26 bits per heavy atom. The van der Waals surface area contributed by atoms with E-state index in [-0.39, 0.29) is 5.75 Å². The van der Waals surface area contributed by atoms with E-state index >= 15 is 0 Å². The number of phenolic OH excluding ortho intramolecular Hbond substituents is 1. The van der Waals surface area contributed by atoms with Gasteiger partial charge in [0.15, 0.2) is 17.5 Å². The van der Waals surface area contributed by atoms with Crippen molar-refractivity contribution in [3.63, 3.8) is 0 Å². The number of aliphatic imine (C=N–C) groups is 1. The van der Waals surface area contributed by atoms with Crippen molar-refractivity contribution < 1.29 is 14.6 Å². The van der Waals surface area contributed by atoms with Crippen LogP contribution in [0.15, 0.2) is 17.1 Å². The third-order valence-corrected chi connectivity index (χ3v) is 3.47. The highest BCUT2D eigenvalue weighted by Crippen LogP contribution is 2.36. The van der Waals surface area contributed by atoms with Gasteiger partial charge in [-0.2, -0.15) is 0 Å². The molecule has 0 amide bonds. The lowest BCUT2D eigenvalue weighted by Gasteiger charge is -2.14. The predicted octanol–water partition coefficient (Wildman–Crippen LogP) is 2.51. The van der Waals surface area contributed by atoms with E-state index in [1.807, 2.05) is 0 Å². The zero-order valence-corrected chi connectivity index (χ0v) is 14.8. The first-order chi connectivity index (χ1) is 11.0. The highest BCUT2D eigenvalue weighted by Gasteiger charge is 2.11. The number of nitrogens with zero attached hydrogens (tertiary/aromatic N) is 1. The van der Waals surface area contributed by atoms with Crippen LogP contribution in [0.25, 0.3) is 0 Å². The van der Waals surface area contributed by atoms with Gasteiger partial charge in [0.25, 0.3) is 0 Å². The van der Waals surface area contributed by atoms with Gasteiger partial charge in [-0.05, 0) is 36.5 Å². The molecule has 1 aromatic rings. The molecular formula is C17H29N3O3. The first kappa shape index (κ1) is 18.9. The number of phenols is 1. The van der Waals surface area contributed by atoms with Gasteiger partial charge < -0.3 is 25.2 Å². The Morgan fingerprint density at radius 1 is 1.17 bits per heavy atom. The Kier molecular flexibility index (Phi) is 8.08. The smallest absolute Gasteiger partial charge is 0.200 e. The van der Waals surface area contributed by atoms with Crippen LogP contribution in [0, 0.1) is 5.92 Å². The highest BCUT2D eigenvalue weighted by molar-refractivity contribution is 5.79. The minimum absolute atomic E-state index is 0.00921. The summed E-state index contributed by atoms with van der Waals surface area (Å²) in [6.45, 7) is 5.88. The summed E-state index contributed by atoms with van der Waals surface area (Å²) in [7, 11) is 4.78. The zero-order chi connectivity index (χ0) is 17.2. The second kappa shape index (κ2) is 9.82. The molecule has 0 saturated heterocycles. The number of ether oxygens (including phenoxy) is 2. The summed E-state index contributed by atoms with van der Waals surface area (Å²) in [4.78, 5) is 4.21. The molecule has 0 radical (unpaired) electrons. The first-order valence-corrected chi connectivity index (χ1v) is 7.90. The van der Waals surface area contributed by atoms with Crippen molar-refractivity contribution in [3.05, 3.63) is 17.7 Å². The lowest BCUT2D eigenvalue weighted by Crippen LogP contribution is -2.37. The van der Waals surface area contributed by atoms with E-state index in [1.54, 1.807) is 19.2 Å². The van der Waals surface area contributed by atoms with E-state index in [0.717, 1.165) is 24.5 Å². The second-order valence-electron chi connectivity index (χ2n) is 5.74. The Hall–Kier alpha value is -2.11. The van der Waals surface area contributed by atoms with Crippen LogP contribution < -0.4 is 20.1 Å². The van der Waals surface area contributed by atoms with Crippen LogP contribution in [-0.2, 0) is 6.54 Å². The Morgan fingerprint density at radius 2 is 1.78 bits per heavy atom. The van der Waals surface area contributed by atoms with Crippen LogP contribution >= 0.6 is 0 Å². The summed E-state index contributed by atoms with van der Waals surface area (Å²) in [6, 6.07) is 3.55. The van der Waals surface area contributed by atoms with Gasteiger partial charge in [0, 0.05) is 20.1 Å². The lowest BCUT2D eigenvalue weighted by molar-refractivity contribution is 0.339. The number of hydrogen-bond donors (Lipinski definition) is 3. The van der Waals surface area contributed by atoms with E-state index in [0.29, 0.717) is 24.0 Å². The minimum atomic E-state index is 0.00921. The number of benzene rings is 1. The van der Waals surface area contributed by atoms with Crippen LogP contribution in [0.2, 0.25) is 0 Å². The fourth-order valence-electron chi connectivity index (χ4n) is 2.17. The second-order valence-corrected chi connectivity index (χ2v) is 5.74. The number of hydrogen-bond acceptors (Lipinski definition) is 4. The molecule has 0 heterocycles. The van der Waals surface area contributed by atoms with Gasteiger partial charge in [-0.15, -0.1) is 0 Å². The van der Waals surface area contributed by atoms with Gasteiger partial charge >= 0.3 is 0 Å². The van der Waals surface area contributed by atoms with E-state index in [1.165, 1.54) is 20.6 Å². The topological polar surface area (TPSA) is 75.1 Å². The van der Waals surface area contributed by atoms with Crippen molar-refractivity contribution in [1.82, 2.24) is 10.6 Å². The maximum atomic E-state index is 9.92. The van der Waals surface area contributed by atoms with Crippen LogP contribution in [0.3, 0.4) is 0 Å². The van der Waals surface area contributed by atoms with E-state index in [2.05, 4.69) is 29.5 Å². The van der Waals surface area contributed by atoms with E-state index in [9.17, 15) is 5.11 Å². The predicted molar refractivity (Wildman–Crippen MR) is 93.5 cm³/mol. The van der Waals surface area contributed by atoms with Gasteiger partial charge in [0.1, 0.15) is 0 Å². The van der Waals surface area contributed by atoms with Crippen molar-refractivity contribution >= 4 is 5.96 Å². The first-order valence-electron chi connectivity index (χ1n) is 7.90. The molecule has 0 aromatic heterocycles. The van der Waals surface area contributed by atoms with Gasteiger partial charge in [-0.1, -0.05) is 13.8 Å². The van der Waals surface area contributed by atoms with Crippen LogP contribution in [0.5, 0.6) is 17.2 Å². The monoisotopic (exact) mass is 323 g/mol. The molecule has 23 heavy (non-hydrogen) atoms. The van der Waals surface area contributed by atoms with Gasteiger partial charge in [0.2, 0.25) is 5.75 Å². The molecule has 1 rings (SSSR count). The average Bonchev–Trinajstić information content (AvgIpc) is 2.54. The molecule has 130 valence electrons. The summed E-state index contributed by atoms with van der Waals surface area (Å²) in [6.07, 6.45) is 2.30. The number of guanidine groups is 1. The van der Waals surface area contributed by atoms with Crippen molar-refractivity contribution in [2.24, 2.45) is 10.9 Å². The molecule has 0 fully saturated rings. The summed E-state index contributed by atoms with van der Waals surface area (Å²) in [5, 5.41) is 16.5. The van der Waals surface area contributed by atoms with E-state index in [4.69, 9.17) is 9.47 Å². The van der Waals surface area contributed by atoms with E-state index < -0.39 is 0 Å². The average molecular weight is 323 g/mol. The number of aromatic hydroxyl groups is 1. The number of rotatable bonds is 8. The van der Waals surface area contributed by atoms with Crippen LogP contribution in [0.4, 0.5) is 0 Å². The fraction of sp³-hybridized carbons (Fsp3) is 0.588. The molecule has 6 nitrogen and oxygen atoms in total. The molecular weight excluding hydrogens is 294 g/mol. The molecule has 6 heteroatoms. The maximum Gasteiger partial charge on any atom is 0.200 e. The Labute approximate surface area is 138 Å². The fourth-order valence-corrected chi connectivity index (χ4v) is 2.17. The van der Waals surface area contributed by atoms with Crippen molar-refractivity contribution in [3.8, 4) is 17.2 Å². The number of nitrogens with one attached hydrogen (secondary N) is 2. The Bertz CT molecular complexity index is 491. The zero-order valence-electron chi connectivity index (χ0n) is 14.8. The normalized spacial score (nSPS) is 11.5. The van der Waals surface area contributed by atoms with Gasteiger partial charge in [-0.3, -0.25) is 4.99 Å². The minimum Gasteiger partial charge on any atom is -0.502 e. The molecule has 0 saturated carbocycles. The van der Waals surface area contributed by atoms with Crippen molar-refractivity contribution in [2.75, 3.05) is 27.8 Å². The molecule has 0 aliphatic heterocycles. The molecule has 0 aliphatic carbocycles. The molecule has 0 spiro atoms. The van der Waals surface area contributed by atoms with Crippen molar-refractivity contribution in [1.29, 1.82) is 0 Å². The molecule has 0 unspecified atom stereocenters. The SMILES string of the molecule is CN=C(NCCCC(C)C)NCc1cc(OC)c(O)c(OC)c1. The van der Waals surface area contributed by atoms with Crippen LogP contribution in [0.1, 0.15) is 32.3 Å². The molecule has 0 bridgehead atoms.